The molecule has 2 heterocycles. The third-order valence-electron chi connectivity index (χ3n) is 5.33. The van der Waals surface area contributed by atoms with E-state index in [1.807, 2.05) is 0 Å². The number of hydrogen-bond acceptors (Lipinski definition) is 6. The van der Waals surface area contributed by atoms with E-state index in [0.717, 1.165) is 32.1 Å². The summed E-state index contributed by atoms with van der Waals surface area (Å²) < 4.78 is 5.12. The Bertz CT molecular complexity index is 1150. The standard InChI is InChI=1S/C21H23N5O4/c1-30-14-9-7-13(8-10-14)23-21-25-18-17(20(29)26-21)15(11-16(27)24-18)19(28)22-12-5-3-2-4-6-12/h7-10,12H,2-6,11H2,1H3,(H,22,28)(H2,23,24,25,26,27,29). The Morgan fingerprint density at radius 2 is 1.87 bits per heavy atom. The molecule has 0 bridgehead atoms. The van der Waals surface area contributed by atoms with Gasteiger partial charge in [0.05, 0.1) is 18.7 Å². The molecule has 0 saturated heterocycles. The van der Waals surface area contributed by atoms with E-state index < -0.39 is 17.4 Å². The molecule has 9 heteroatoms. The lowest BCUT2D eigenvalue weighted by atomic mass is 9.95. The third kappa shape index (κ3) is 4.24. The van der Waals surface area contributed by atoms with Crippen molar-refractivity contribution in [3.8, 4) is 5.75 Å². The first-order valence-electron chi connectivity index (χ1n) is 10.0. The zero-order valence-corrected chi connectivity index (χ0v) is 16.7. The van der Waals surface area contributed by atoms with Crippen LogP contribution in [0.4, 0.5) is 11.6 Å². The predicted octanol–water partition coefficient (Wildman–Crippen LogP) is 0.672. The number of nitrogens with one attached hydrogen (secondary N) is 3. The number of rotatable bonds is 5. The van der Waals surface area contributed by atoms with E-state index in [1.165, 1.54) is 0 Å². The summed E-state index contributed by atoms with van der Waals surface area (Å²) in [6.07, 6.45) is 4.90. The second-order valence-corrected chi connectivity index (χ2v) is 7.44. The van der Waals surface area contributed by atoms with E-state index in [4.69, 9.17) is 4.74 Å². The van der Waals surface area contributed by atoms with E-state index in [9.17, 15) is 14.4 Å². The highest BCUT2D eigenvalue weighted by molar-refractivity contribution is 6.17. The topological polar surface area (TPSA) is 126 Å². The molecule has 9 nitrogen and oxygen atoms in total. The van der Waals surface area contributed by atoms with Crippen LogP contribution in [0.25, 0.3) is 5.57 Å². The minimum absolute atomic E-state index is 0.0418. The number of aromatic amines is 1. The van der Waals surface area contributed by atoms with Gasteiger partial charge >= 0.3 is 0 Å². The van der Waals surface area contributed by atoms with Gasteiger partial charge in [0.1, 0.15) is 5.75 Å². The zero-order valence-electron chi connectivity index (χ0n) is 16.7. The predicted molar refractivity (Wildman–Crippen MR) is 110 cm³/mol. The Labute approximate surface area is 172 Å². The van der Waals surface area contributed by atoms with Crippen LogP contribution in [-0.2, 0) is 9.59 Å². The van der Waals surface area contributed by atoms with Crippen LogP contribution in [0.15, 0.2) is 34.1 Å². The molecule has 1 aromatic heterocycles. The van der Waals surface area contributed by atoms with Crippen LogP contribution in [0.1, 0.15) is 38.5 Å². The van der Waals surface area contributed by atoms with Crippen molar-refractivity contribution >= 4 is 29.0 Å². The molecular formula is C21H23N5O4. The molecule has 1 saturated carbocycles. The number of methoxy groups -OCH3 is 1. The first-order chi connectivity index (χ1) is 14.5. The fourth-order valence-corrected chi connectivity index (χ4v) is 3.80. The maximum Gasteiger partial charge on any atom is 0.262 e. The summed E-state index contributed by atoms with van der Waals surface area (Å²) in [6.45, 7) is 0. The van der Waals surface area contributed by atoms with E-state index in [1.54, 1.807) is 31.4 Å². The number of nitrogens with zero attached hydrogens (tertiary/aromatic N) is 2. The number of aromatic nitrogens is 2. The van der Waals surface area contributed by atoms with Crippen LogP contribution in [0, 0.1) is 0 Å². The molecule has 1 aliphatic carbocycles. The average Bonchev–Trinajstić information content (AvgIpc) is 2.74. The lowest BCUT2D eigenvalue weighted by Crippen LogP contribution is -2.51. The Morgan fingerprint density at radius 1 is 1.13 bits per heavy atom. The van der Waals surface area contributed by atoms with Gasteiger partial charge in [0, 0.05) is 17.3 Å². The third-order valence-corrected chi connectivity index (χ3v) is 5.33. The number of H-pyrrole nitrogens is 1. The average molecular weight is 409 g/mol. The van der Waals surface area contributed by atoms with Crippen molar-refractivity contribution in [2.75, 3.05) is 12.4 Å². The van der Waals surface area contributed by atoms with Gasteiger partial charge in [0.25, 0.3) is 11.5 Å². The van der Waals surface area contributed by atoms with Gasteiger partial charge < -0.3 is 15.4 Å². The number of anilines is 2. The van der Waals surface area contributed by atoms with Gasteiger partial charge in [-0.3, -0.25) is 19.4 Å². The zero-order chi connectivity index (χ0) is 21.1. The fraction of sp³-hybridized carbons (Fsp3) is 0.381. The minimum Gasteiger partial charge on any atom is -0.497 e. The van der Waals surface area contributed by atoms with Crippen molar-refractivity contribution in [3.05, 3.63) is 45.3 Å². The van der Waals surface area contributed by atoms with Gasteiger partial charge in [0.15, 0.2) is 5.49 Å². The maximum absolute atomic E-state index is 12.8. The molecule has 0 unspecified atom stereocenters. The highest BCUT2D eigenvalue weighted by atomic mass is 16.5. The molecule has 1 fully saturated rings. The van der Waals surface area contributed by atoms with E-state index in [2.05, 4.69) is 25.6 Å². The van der Waals surface area contributed by atoms with Crippen LogP contribution in [0.3, 0.4) is 0 Å². The lowest BCUT2D eigenvalue weighted by Gasteiger charge is -2.23. The molecule has 2 amide bonds. The van der Waals surface area contributed by atoms with Crippen molar-refractivity contribution in [2.24, 2.45) is 4.99 Å². The normalized spacial score (nSPS) is 16.4. The summed E-state index contributed by atoms with van der Waals surface area (Å²) in [5.74, 6) is -0.0648. The molecule has 0 radical (unpaired) electrons. The number of carbonyl (C=O) groups is 2. The van der Waals surface area contributed by atoms with Gasteiger partial charge in [-0.05, 0) is 37.1 Å². The minimum atomic E-state index is -0.513. The summed E-state index contributed by atoms with van der Waals surface area (Å²) in [6, 6.07) is 7.10. The summed E-state index contributed by atoms with van der Waals surface area (Å²) >= 11 is 0. The first-order valence-corrected chi connectivity index (χ1v) is 10.0. The summed E-state index contributed by atoms with van der Waals surface area (Å²) in [4.78, 5) is 48.5. The van der Waals surface area contributed by atoms with Crippen molar-refractivity contribution in [3.63, 3.8) is 0 Å². The van der Waals surface area contributed by atoms with Crippen molar-refractivity contribution in [1.82, 2.24) is 15.3 Å². The van der Waals surface area contributed by atoms with Gasteiger partial charge in [0.2, 0.25) is 11.9 Å². The van der Waals surface area contributed by atoms with Crippen molar-refractivity contribution in [2.45, 2.75) is 44.6 Å². The number of benzene rings is 1. The molecule has 1 aliphatic heterocycles. The molecule has 0 atom stereocenters. The summed E-state index contributed by atoms with van der Waals surface area (Å²) in [5.41, 5.74) is 0.237. The van der Waals surface area contributed by atoms with Gasteiger partial charge in [-0.25, -0.2) is 0 Å². The van der Waals surface area contributed by atoms with Crippen LogP contribution >= 0.6 is 0 Å². The number of ether oxygens (including phenoxy) is 1. The van der Waals surface area contributed by atoms with Crippen LogP contribution < -0.4 is 31.6 Å². The molecule has 4 rings (SSSR count). The Balaban J connectivity index is 1.67. The quantitative estimate of drug-likeness (QED) is 0.667. The molecule has 1 aromatic carbocycles. The van der Waals surface area contributed by atoms with Crippen LogP contribution in [0.2, 0.25) is 0 Å². The molecule has 156 valence electrons. The molecule has 30 heavy (non-hydrogen) atoms. The highest BCUT2D eigenvalue weighted by Crippen LogP contribution is 2.19. The fourth-order valence-electron chi connectivity index (χ4n) is 3.80. The van der Waals surface area contributed by atoms with E-state index in [-0.39, 0.29) is 34.7 Å². The van der Waals surface area contributed by atoms with Crippen LogP contribution in [0.5, 0.6) is 5.75 Å². The molecule has 0 spiro atoms. The monoisotopic (exact) mass is 409 g/mol. The summed E-state index contributed by atoms with van der Waals surface area (Å²) in [7, 11) is 1.57. The second-order valence-electron chi connectivity index (χ2n) is 7.44. The Morgan fingerprint density at radius 3 is 2.57 bits per heavy atom. The first kappa shape index (κ1) is 19.8. The Hall–Kier alpha value is -3.49. The number of amides is 2. The molecule has 3 N–H and O–H groups in total. The molecular weight excluding hydrogens is 386 g/mol. The van der Waals surface area contributed by atoms with Gasteiger partial charge in [-0.1, -0.05) is 19.3 Å². The number of fused-ring (bicyclic) bond motifs is 1. The van der Waals surface area contributed by atoms with Gasteiger partial charge in [-0.15, -0.1) is 0 Å². The largest absolute Gasteiger partial charge is 0.497 e. The number of carbonyl (C=O) groups excluding carboxylic acids is 2. The maximum atomic E-state index is 12.8. The second kappa shape index (κ2) is 8.48. The SMILES string of the molecule is COc1ccc(Nc2nc3c(c(=O)[nH]2)=C(C(=O)NC2CCCCC2)CC(=O)N=3)cc1. The molecule has 2 aliphatic rings. The lowest BCUT2D eigenvalue weighted by molar-refractivity contribution is -0.120. The molecule has 2 aromatic rings. The smallest absolute Gasteiger partial charge is 0.262 e. The van der Waals surface area contributed by atoms with Gasteiger partial charge in [-0.2, -0.15) is 9.98 Å². The Kier molecular flexibility index (Phi) is 5.60. The summed E-state index contributed by atoms with van der Waals surface area (Å²) in [5, 5.41) is 5.99. The van der Waals surface area contributed by atoms with Crippen molar-refractivity contribution in [1.29, 1.82) is 0 Å². The van der Waals surface area contributed by atoms with E-state index in [0.29, 0.717) is 11.4 Å². The van der Waals surface area contributed by atoms with Crippen molar-refractivity contribution < 1.29 is 14.3 Å². The highest BCUT2D eigenvalue weighted by Gasteiger charge is 2.24. The van der Waals surface area contributed by atoms with Crippen LogP contribution in [-0.4, -0.2) is 34.9 Å². The number of hydrogen-bond donors (Lipinski definition) is 3. The van der Waals surface area contributed by atoms with E-state index >= 15 is 0 Å².